The van der Waals surface area contributed by atoms with Crippen LogP contribution in [-0.2, 0) is 16.6 Å². The van der Waals surface area contributed by atoms with Crippen LogP contribution in [0.15, 0.2) is 30.3 Å². The van der Waals surface area contributed by atoms with Gasteiger partial charge in [-0.3, -0.25) is 0 Å². The monoisotopic (exact) mass is 230 g/mol. The van der Waals surface area contributed by atoms with E-state index in [-0.39, 0.29) is 5.97 Å². The molecular formula is C13H14N2O2. The van der Waals surface area contributed by atoms with Crippen LogP contribution in [0.5, 0.6) is 0 Å². The summed E-state index contributed by atoms with van der Waals surface area (Å²) in [4.78, 5) is 15.6. The number of aromatic nitrogens is 2. The Balaban J connectivity index is 2.30. The molecule has 88 valence electrons. The second kappa shape index (κ2) is 4.82. The van der Waals surface area contributed by atoms with E-state index in [0.29, 0.717) is 6.61 Å². The fraction of sp³-hybridized carbons (Fsp3) is 0.231. The highest BCUT2D eigenvalue weighted by atomic mass is 16.5. The number of aryl methyl sites for hydroxylation is 1. The smallest absolute Gasteiger partial charge is 0.330 e. The van der Waals surface area contributed by atoms with Gasteiger partial charge in [-0.2, -0.15) is 0 Å². The van der Waals surface area contributed by atoms with Crippen LogP contribution in [0, 0.1) is 0 Å². The van der Waals surface area contributed by atoms with E-state index in [9.17, 15) is 4.79 Å². The number of imidazole rings is 1. The first-order valence-electron chi connectivity index (χ1n) is 5.48. The Kier molecular flexibility index (Phi) is 3.23. The van der Waals surface area contributed by atoms with Gasteiger partial charge in [-0.25, -0.2) is 9.78 Å². The van der Waals surface area contributed by atoms with Crippen LogP contribution >= 0.6 is 0 Å². The lowest BCUT2D eigenvalue weighted by Gasteiger charge is -1.97. The fourth-order valence-corrected chi connectivity index (χ4v) is 1.65. The quantitative estimate of drug-likeness (QED) is 0.599. The van der Waals surface area contributed by atoms with Crippen molar-refractivity contribution in [2.75, 3.05) is 6.61 Å². The Labute approximate surface area is 99.5 Å². The van der Waals surface area contributed by atoms with Gasteiger partial charge in [0, 0.05) is 13.1 Å². The maximum atomic E-state index is 11.2. The zero-order chi connectivity index (χ0) is 12.3. The van der Waals surface area contributed by atoms with Crippen LogP contribution in [0.4, 0.5) is 0 Å². The third-order valence-electron chi connectivity index (χ3n) is 2.48. The molecule has 0 radical (unpaired) electrons. The van der Waals surface area contributed by atoms with Crippen molar-refractivity contribution in [3.8, 4) is 0 Å². The number of para-hydroxylation sites is 2. The van der Waals surface area contributed by atoms with Crippen molar-refractivity contribution < 1.29 is 9.53 Å². The minimum Gasteiger partial charge on any atom is -0.463 e. The molecule has 0 bridgehead atoms. The highest BCUT2D eigenvalue weighted by molar-refractivity contribution is 5.87. The van der Waals surface area contributed by atoms with Gasteiger partial charge in [-0.05, 0) is 25.1 Å². The lowest BCUT2D eigenvalue weighted by Crippen LogP contribution is -1.99. The molecule has 0 saturated heterocycles. The van der Waals surface area contributed by atoms with Gasteiger partial charge in [0.1, 0.15) is 5.82 Å². The maximum absolute atomic E-state index is 11.2. The summed E-state index contributed by atoms with van der Waals surface area (Å²) >= 11 is 0. The number of hydrogen-bond donors (Lipinski definition) is 0. The number of carbonyl (C=O) groups is 1. The van der Waals surface area contributed by atoms with Gasteiger partial charge in [0.2, 0.25) is 0 Å². The molecule has 2 aromatic rings. The number of carbonyl (C=O) groups excluding carboxylic acids is 1. The van der Waals surface area contributed by atoms with Gasteiger partial charge in [-0.15, -0.1) is 0 Å². The van der Waals surface area contributed by atoms with Gasteiger partial charge in [-0.1, -0.05) is 12.1 Å². The number of ether oxygens (including phenoxy) is 1. The Morgan fingerprint density at radius 1 is 1.47 bits per heavy atom. The molecule has 0 aliphatic carbocycles. The first-order valence-corrected chi connectivity index (χ1v) is 5.48. The molecule has 1 heterocycles. The second-order valence-electron chi connectivity index (χ2n) is 3.60. The summed E-state index contributed by atoms with van der Waals surface area (Å²) in [6.07, 6.45) is 3.06. The lowest BCUT2D eigenvalue weighted by atomic mass is 10.3. The molecule has 0 aliphatic rings. The van der Waals surface area contributed by atoms with E-state index in [4.69, 9.17) is 4.74 Å². The van der Waals surface area contributed by atoms with Crippen molar-refractivity contribution in [2.24, 2.45) is 7.05 Å². The van der Waals surface area contributed by atoms with Crippen LogP contribution in [0.25, 0.3) is 17.1 Å². The van der Waals surface area contributed by atoms with Crippen molar-refractivity contribution in [3.05, 3.63) is 36.2 Å². The Morgan fingerprint density at radius 2 is 2.24 bits per heavy atom. The highest BCUT2D eigenvalue weighted by Gasteiger charge is 2.04. The molecule has 4 heteroatoms. The van der Waals surface area contributed by atoms with Crippen molar-refractivity contribution in [1.82, 2.24) is 9.55 Å². The van der Waals surface area contributed by atoms with Crippen molar-refractivity contribution in [1.29, 1.82) is 0 Å². The SMILES string of the molecule is CCOC(=O)/C=C/c1nc2ccccc2n1C. The minimum absolute atomic E-state index is 0.348. The molecule has 0 amide bonds. The second-order valence-corrected chi connectivity index (χ2v) is 3.60. The molecular weight excluding hydrogens is 216 g/mol. The number of esters is 1. The van der Waals surface area contributed by atoms with Crippen molar-refractivity contribution in [3.63, 3.8) is 0 Å². The predicted molar refractivity (Wildman–Crippen MR) is 66.4 cm³/mol. The average molecular weight is 230 g/mol. The van der Waals surface area contributed by atoms with Gasteiger partial charge in [0.05, 0.1) is 17.6 Å². The Hall–Kier alpha value is -2.10. The minimum atomic E-state index is -0.348. The normalized spacial score (nSPS) is 11.2. The van der Waals surface area contributed by atoms with Crippen molar-refractivity contribution in [2.45, 2.75) is 6.92 Å². The number of nitrogens with zero attached hydrogens (tertiary/aromatic N) is 2. The molecule has 1 aromatic heterocycles. The molecule has 0 unspecified atom stereocenters. The molecule has 0 spiro atoms. The van der Waals surface area contributed by atoms with E-state index in [1.165, 1.54) is 6.08 Å². The van der Waals surface area contributed by atoms with E-state index in [0.717, 1.165) is 16.9 Å². The van der Waals surface area contributed by atoms with Gasteiger partial charge in [0.25, 0.3) is 0 Å². The molecule has 0 aliphatic heterocycles. The van der Waals surface area contributed by atoms with Crippen molar-refractivity contribution >= 4 is 23.1 Å². The summed E-state index contributed by atoms with van der Waals surface area (Å²) in [6.45, 7) is 2.16. The number of hydrogen-bond acceptors (Lipinski definition) is 3. The average Bonchev–Trinajstić information content (AvgIpc) is 2.65. The zero-order valence-corrected chi connectivity index (χ0v) is 9.88. The summed E-state index contributed by atoms with van der Waals surface area (Å²) < 4.78 is 6.75. The fourth-order valence-electron chi connectivity index (χ4n) is 1.65. The number of fused-ring (bicyclic) bond motifs is 1. The van der Waals surface area contributed by atoms with Crippen LogP contribution in [0.3, 0.4) is 0 Å². The summed E-state index contributed by atoms with van der Waals surface area (Å²) in [7, 11) is 1.92. The first-order chi connectivity index (χ1) is 8.22. The maximum Gasteiger partial charge on any atom is 0.330 e. The third kappa shape index (κ3) is 2.36. The summed E-state index contributed by atoms with van der Waals surface area (Å²) in [6, 6.07) is 7.83. The molecule has 0 saturated carbocycles. The Bertz CT molecular complexity index is 570. The van der Waals surface area contributed by atoms with E-state index in [2.05, 4.69) is 4.98 Å². The summed E-state index contributed by atoms with van der Waals surface area (Å²) in [5, 5.41) is 0. The first kappa shape index (κ1) is 11.4. The summed E-state index contributed by atoms with van der Waals surface area (Å²) in [5.74, 6) is 0.388. The standard InChI is InChI=1S/C13H14N2O2/c1-3-17-13(16)9-8-12-14-10-6-4-5-7-11(10)15(12)2/h4-9H,3H2,1-2H3/b9-8+. The lowest BCUT2D eigenvalue weighted by molar-refractivity contribution is -0.137. The van der Waals surface area contributed by atoms with E-state index in [1.54, 1.807) is 13.0 Å². The molecule has 0 fully saturated rings. The number of benzene rings is 1. The predicted octanol–water partition coefficient (Wildman–Crippen LogP) is 2.15. The largest absolute Gasteiger partial charge is 0.463 e. The molecule has 4 nitrogen and oxygen atoms in total. The van der Waals surface area contributed by atoms with E-state index < -0.39 is 0 Å². The van der Waals surface area contributed by atoms with Crippen LogP contribution < -0.4 is 0 Å². The third-order valence-corrected chi connectivity index (χ3v) is 2.48. The molecule has 17 heavy (non-hydrogen) atoms. The van der Waals surface area contributed by atoms with Gasteiger partial charge in [0.15, 0.2) is 0 Å². The summed E-state index contributed by atoms with van der Waals surface area (Å²) in [5.41, 5.74) is 1.95. The molecule has 0 N–H and O–H groups in total. The van der Waals surface area contributed by atoms with Crippen LogP contribution in [0.2, 0.25) is 0 Å². The molecule has 2 rings (SSSR count). The highest BCUT2D eigenvalue weighted by Crippen LogP contribution is 2.14. The van der Waals surface area contributed by atoms with E-state index >= 15 is 0 Å². The van der Waals surface area contributed by atoms with E-state index in [1.807, 2.05) is 35.9 Å². The molecule has 1 aromatic carbocycles. The number of rotatable bonds is 3. The topological polar surface area (TPSA) is 44.1 Å². The van der Waals surface area contributed by atoms with Gasteiger partial charge < -0.3 is 9.30 Å². The zero-order valence-electron chi connectivity index (χ0n) is 9.88. The van der Waals surface area contributed by atoms with Crippen LogP contribution in [-0.4, -0.2) is 22.1 Å². The Morgan fingerprint density at radius 3 is 2.94 bits per heavy atom. The van der Waals surface area contributed by atoms with Crippen LogP contribution in [0.1, 0.15) is 12.7 Å². The molecule has 0 atom stereocenters. The van der Waals surface area contributed by atoms with Gasteiger partial charge >= 0.3 is 5.97 Å².